The molecule has 17 heavy (non-hydrogen) atoms. The Hall–Kier alpha value is -2.23. The van der Waals surface area contributed by atoms with Crippen LogP contribution in [0.4, 0.5) is 0 Å². The van der Waals surface area contributed by atoms with Crippen molar-refractivity contribution in [1.29, 1.82) is 0 Å². The number of aromatic nitrogens is 2. The summed E-state index contributed by atoms with van der Waals surface area (Å²) in [7, 11) is 0. The summed E-state index contributed by atoms with van der Waals surface area (Å²) in [4.78, 5) is 18.9. The Labute approximate surface area is 99.0 Å². The number of aromatic carboxylic acids is 1. The van der Waals surface area contributed by atoms with Gasteiger partial charge in [0.15, 0.2) is 0 Å². The molecule has 2 rings (SSSR count). The van der Waals surface area contributed by atoms with Crippen LogP contribution in [0.3, 0.4) is 0 Å². The van der Waals surface area contributed by atoms with Crippen molar-refractivity contribution >= 4 is 5.97 Å². The van der Waals surface area contributed by atoms with E-state index in [2.05, 4.69) is 9.97 Å². The first-order valence-electron chi connectivity index (χ1n) is 5.20. The van der Waals surface area contributed by atoms with Gasteiger partial charge in [-0.3, -0.25) is 0 Å². The molecule has 0 saturated carbocycles. The van der Waals surface area contributed by atoms with Crippen molar-refractivity contribution in [2.45, 2.75) is 13.8 Å². The average molecular weight is 228 g/mol. The molecule has 0 bridgehead atoms. The van der Waals surface area contributed by atoms with Gasteiger partial charge in [0.2, 0.25) is 0 Å². The predicted octanol–water partition coefficient (Wildman–Crippen LogP) is 2.46. The summed E-state index contributed by atoms with van der Waals surface area (Å²) in [6.07, 6.45) is 2.69. The Morgan fingerprint density at radius 3 is 2.76 bits per heavy atom. The van der Waals surface area contributed by atoms with E-state index in [0.717, 1.165) is 16.7 Å². The minimum Gasteiger partial charge on any atom is -0.478 e. The summed E-state index contributed by atoms with van der Waals surface area (Å²) in [6.45, 7) is 3.90. The lowest BCUT2D eigenvalue weighted by molar-refractivity contribution is 0.0697. The smallest absolute Gasteiger partial charge is 0.339 e. The molecule has 0 fully saturated rings. The van der Waals surface area contributed by atoms with Crippen LogP contribution < -0.4 is 0 Å². The number of nitrogens with zero attached hydrogens (tertiary/aromatic N) is 2. The largest absolute Gasteiger partial charge is 0.478 e. The summed E-state index contributed by atoms with van der Waals surface area (Å²) < 4.78 is 0. The Morgan fingerprint density at radius 1 is 1.29 bits per heavy atom. The van der Waals surface area contributed by atoms with Gasteiger partial charge in [0.25, 0.3) is 0 Å². The quantitative estimate of drug-likeness (QED) is 0.857. The molecule has 0 radical (unpaired) electrons. The molecule has 2 aromatic rings. The fraction of sp³-hybridized carbons (Fsp3) is 0.154. The zero-order chi connectivity index (χ0) is 12.4. The molecule has 0 aliphatic heterocycles. The van der Waals surface area contributed by atoms with Crippen molar-refractivity contribution in [2.24, 2.45) is 0 Å². The van der Waals surface area contributed by atoms with E-state index >= 15 is 0 Å². The highest BCUT2D eigenvalue weighted by Crippen LogP contribution is 2.25. The molecule has 0 aliphatic carbocycles. The molecule has 0 atom stereocenters. The molecule has 1 N–H and O–H groups in total. The maximum Gasteiger partial charge on any atom is 0.339 e. The lowest BCUT2D eigenvalue weighted by atomic mass is 10.00. The Bertz CT molecular complexity index is 579. The Kier molecular flexibility index (Phi) is 2.87. The second-order valence-corrected chi connectivity index (χ2v) is 3.91. The molecule has 0 unspecified atom stereocenters. The highest BCUT2D eigenvalue weighted by molar-refractivity contribution is 5.94. The first kappa shape index (κ1) is 11.3. The van der Waals surface area contributed by atoms with Crippen LogP contribution >= 0.6 is 0 Å². The van der Waals surface area contributed by atoms with E-state index in [4.69, 9.17) is 5.11 Å². The number of hydrogen-bond donors (Lipinski definition) is 1. The molecule has 1 aromatic heterocycles. The summed E-state index contributed by atoms with van der Waals surface area (Å²) in [5, 5.41) is 9.11. The van der Waals surface area contributed by atoms with Gasteiger partial charge < -0.3 is 5.11 Å². The van der Waals surface area contributed by atoms with Crippen LogP contribution in [0.5, 0.6) is 0 Å². The number of carboxylic acids is 1. The number of carbonyl (C=O) groups is 1. The van der Waals surface area contributed by atoms with E-state index in [-0.39, 0.29) is 5.56 Å². The average Bonchev–Trinajstić information content (AvgIpc) is 2.32. The Morgan fingerprint density at radius 2 is 2.06 bits per heavy atom. The molecule has 0 aliphatic rings. The monoisotopic (exact) mass is 228 g/mol. The molecule has 1 heterocycles. The van der Waals surface area contributed by atoms with Gasteiger partial charge in [-0.1, -0.05) is 17.7 Å². The lowest BCUT2D eigenvalue weighted by Crippen LogP contribution is -2.03. The van der Waals surface area contributed by atoms with Crippen molar-refractivity contribution < 1.29 is 9.90 Å². The standard InChI is InChI=1S/C13H12N2O2/c1-8-3-4-9(2)10(5-8)12-11(13(16)17)6-14-7-15-12/h3-7H,1-2H3,(H,16,17). The first-order valence-corrected chi connectivity index (χ1v) is 5.20. The molecular weight excluding hydrogens is 216 g/mol. The van der Waals surface area contributed by atoms with Crippen LogP contribution in [0, 0.1) is 13.8 Å². The molecule has 86 valence electrons. The fourth-order valence-corrected chi connectivity index (χ4v) is 1.69. The van der Waals surface area contributed by atoms with E-state index in [1.807, 2.05) is 32.0 Å². The Balaban J connectivity index is 2.68. The summed E-state index contributed by atoms with van der Waals surface area (Å²) in [6, 6.07) is 5.88. The minimum atomic E-state index is -1.01. The number of aryl methyl sites for hydroxylation is 2. The molecular formula is C13H12N2O2. The number of rotatable bonds is 2. The van der Waals surface area contributed by atoms with Gasteiger partial charge in [0.1, 0.15) is 11.9 Å². The third-order valence-electron chi connectivity index (χ3n) is 2.59. The summed E-state index contributed by atoms with van der Waals surface area (Å²) in [5.41, 5.74) is 3.50. The van der Waals surface area contributed by atoms with Gasteiger partial charge in [0, 0.05) is 11.8 Å². The highest BCUT2D eigenvalue weighted by atomic mass is 16.4. The second-order valence-electron chi connectivity index (χ2n) is 3.91. The minimum absolute atomic E-state index is 0.126. The van der Waals surface area contributed by atoms with Crippen LogP contribution in [0.1, 0.15) is 21.5 Å². The lowest BCUT2D eigenvalue weighted by Gasteiger charge is -2.08. The van der Waals surface area contributed by atoms with Gasteiger partial charge >= 0.3 is 5.97 Å². The van der Waals surface area contributed by atoms with Crippen molar-refractivity contribution in [3.63, 3.8) is 0 Å². The summed E-state index contributed by atoms with van der Waals surface area (Å²) >= 11 is 0. The molecule has 1 aromatic carbocycles. The van der Waals surface area contributed by atoms with Crippen molar-refractivity contribution in [2.75, 3.05) is 0 Å². The zero-order valence-electron chi connectivity index (χ0n) is 9.64. The van der Waals surface area contributed by atoms with Gasteiger partial charge in [-0.15, -0.1) is 0 Å². The normalized spacial score (nSPS) is 10.2. The van der Waals surface area contributed by atoms with Crippen molar-refractivity contribution in [3.8, 4) is 11.3 Å². The maximum absolute atomic E-state index is 11.1. The summed E-state index contributed by atoms with van der Waals surface area (Å²) in [5.74, 6) is -1.01. The third-order valence-corrected chi connectivity index (χ3v) is 2.59. The topological polar surface area (TPSA) is 63.1 Å². The zero-order valence-corrected chi connectivity index (χ0v) is 9.64. The van der Waals surface area contributed by atoms with Crippen molar-refractivity contribution in [3.05, 3.63) is 47.4 Å². The van der Waals surface area contributed by atoms with Gasteiger partial charge in [-0.25, -0.2) is 14.8 Å². The van der Waals surface area contributed by atoms with Crippen molar-refractivity contribution in [1.82, 2.24) is 9.97 Å². The van der Waals surface area contributed by atoms with E-state index in [1.165, 1.54) is 12.5 Å². The molecule has 0 amide bonds. The van der Waals surface area contributed by atoms with E-state index in [0.29, 0.717) is 5.69 Å². The van der Waals surface area contributed by atoms with Crippen LogP contribution in [-0.4, -0.2) is 21.0 Å². The fourth-order valence-electron chi connectivity index (χ4n) is 1.69. The molecule has 4 heteroatoms. The highest BCUT2D eigenvalue weighted by Gasteiger charge is 2.14. The van der Waals surface area contributed by atoms with Gasteiger partial charge in [-0.05, 0) is 25.5 Å². The first-order chi connectivity index (χ1) is 8.09. The third kappa shape index (κ3) is 2.15. The van der Waals surface area contributed by atoms with E-state index in [1.54, 1.807) is 0 Å². The van der Waals surface area contributed by atoms with Gasteiger partial charge in [0.05, 0.1) is 5.69 Å². The van der Waals surface area contributed by atoms with Crippen LogP contribution in [0.2, 0.25) is 0 Å². The predicted molar refractivity (Wildman–Crippen MR) is 63.9 cm³/mol. The number of carboxylic acid groups (broad SMARTS) is 1. The number of benzene rings is 1. The van der Waals surface area contributed by atoms with E-state index < -0.39 is 5.97 Å². The molecule has 0 spiro atoms. The second kappa shape index (κ2) is 4.33. The molecule has 0 saturated heterocycles. The maximum atomic E-state index is 11.1. The molecule has 4 nitrogen and oxygen atoms in total. The van der Waals surface area contributed by atoms with Crippen LogP contribution in [0.15, 0.2) is 30.7 Å². The number of hydrogen-bond acceptors (Lipinski definition) is 3. The van der Waals surface area contributed by atoms with Crippen LogP contribution in [-0.2, 0) is 0 Å². The van der Waals surface area contributed by atoms with E-state index in [9.17, 15) is 4.79 Å². The van der Waals surface area contributed by atoms with Gasteiger partial charge in [-0.2, -0.15) is 0 Å². The van der Waals surface area contributed by atoms with Crippen LogP contribution in [0.25, 0.3) is 11.3 Å². The SMILES string of the molecule is Cc1ccc(C)c(-c2ncncc2C(=O)O)c1.